The highest BCUT2D eigenvalue weighted by Gasteiger charge is 2.56. The third-order valence-corrected chi connectivity index (χ3v) is 6.82. The maximum atomic E-state index is 12.6. The van der Waals surface area contributed by atoms with E-state index in [1.807, 2.05) is 0 Å². The van der Waals surface area contributed by atoms with Crippen LogP contribution in [0, 0.1) is 23.7 Å². The SMILES string of the molecule is CC(NC(=O)CN1C(=O)NC(C)(C2CC2)C1=O)C1CC2CCC1C2. The van der Waals surface area contributed by atoms with Gasteiger partial charge in [0.1, 0.15) is 12.1 Å². The minimum Gasteiger partial charge on any atom is -0.352 e. The summed E-state index contributed by atoms with van der Waals surface area (Å²) in [5, 5.41) is 5.82. The van der Waals surface area contributed by atoms with Gasteiger partial charge in [-0.1, -0.05) is 6.42 Å². The van der Waals surface area contributed by atoms with E-state index in [1.165, 1.54) is 25.7 Å². The van der Waals surface area contributed by atoms with E-state index in [4.69, 9.17) is 0 Å². The highest BCUT2D eigenvalue weighted by Crippen LogP contribution is 2.49. The Hall–Kier alpha value is -1.59. The Bertz CT molecular complexity index is 588. The molecule has 0 spiro atoms. The normalized spacial score (nSPS) is 39.2. The fourth-order valence-corrected chi connectivity index (χ4v) is 5.25. The summed E-state index contributed by atoms with van der Waals surface area (Å²) in [6.07, 6.45) is 7.05. The average molecular weight is 333 g/mol. The first-order valence-electron chi connectivity index (χ1n) is 9.32. The number of amides is 4. The van der Waals surface area contributed by atoms with Gasteiger partial charge < -0.3 is 10.6 Å². The van der Waals surface area contributed by atoms with Gasteiger partial charge in [-0.2, -0.15) is 0 Å². The molecule has 1 saturated heterocycles. The molecule has 6 heteroatoms. The fourth-order valence-electron chi connectivity index (χ4n) is 5.25. The van der Waals surface area contributed by atoms with Gasteiger partial charge in [0, 0.05) is 6.04 Å². The lowest BCUT2D eigenvalue weighted by molar-refractivity contribution is -0.135. The van der Waals surface area contributed by atoms with E-state index in [1.54, 1.807) is 6.92 Å². The van der Waals surface area contributed by atoms with Crippen LogP contribution < -0.4 is 10.6 Å². The maximum absolute atomic E-state index is 12.6. The van der Waals surface area contributed by atoms with E-state index in [0.717, 1.165) is 29.6 Å². The molecule has 3 saturated carbocycles. The molecule has 4 aliphatic rings. The maximum Gasteiger partial charge on any atom is 0.325 e. The topological polar surface area (TPSA) is 78.5 Å². The molecule has 4 rings (SSSR count). The molecule has 2 N–H and O–H groups in total. The zero-order valence-corrected chi connectivity index (χ0v) is 14.5. The lowest BCUT2D eigenvalue weighted by Crippen LogP contribution is -2.48. The van der Waals surface area contributed by atoms with Crippen molar-refractivity contribution in [3.05, 3.63) is 0 Å². The molecule has 2 bridgehead atoms. The number of nitrogens with one attached hydrogen (secondary N) is 2. The Morgan fingerprint density at radius 3 is 2.62 bits per heavy atom. The Morgan fingerprint density at radius 1 is 1.29 bits per heavy atom. The summed E-state index contributed by atoms with van der Waals surface area (Å²) < 4.78 is 0. The second kappa shape index (κ2) is 5.46. The Balaban J connectivity index is 1.34. The Morgan fingerprint density at radius 2 is 2.04 bits per heavy atom. The van der Waals surface area contributed by atoms with Crippen LogP contribution >= 0.6 is 0 Å². The molecular weight excluding hydrogens is 306 g/mol. The summed E-state index contributed by atoms with van der Waals surface area (Å²) in [7, 11) is 0. The molecule has 0 aromatic heterocycles. The summed E-state index contributed by atoms with van der Waals surface area (Å²) in [6.45, 7) is 3.67. The summed E-state index contributed by atoms with van der Waals surface area (Å²) in [6, 6.07) is -0.319. The highest BCUT2D eigenvalue weighted by molar-refractivity contribution is 6.09. The number of carbonyl (C=O) groups excluding carboxylic acids is 3. The van der Waals surface area contributed by atoms with Crippen LogP contribution in [0.25, 0.3) is 0 Å². The Kier molecular flexibility index (Phi) is 3.62. The lowest BCUT2D eigenvalue weighted by Gasteiger charge is -2.29. The van der Waals surface area contributed by atoms with Crippen molar-refractivity contribution in [2.45, 2.75) is 64.0 Å². The second-order valence-corrected chi connectivity index (χ2v) is 8.49. The summed E-state index contributed by atoms with van der Waals surface area (Å²) in [5.41, 5.74) is -0.812. The number of nitrogens with zero attached hydrogens (tertiary/aromatic N) is 1. The summed E-state index contributed by atoms with van der Waals surface area (Å²) in [5.74, 6) is 1.86. The van der Waals surface area contributed by atoms with Gasteiger partial charge in [-0.25, -0.2) is 4.79 Å². The van der Waals surface area contributed by atoms with E-state index in [0.29, 0.717) is 5.92 Å². The van der Waals surface area contributed by atoms with Gasteiger partial charge in [0.2, 0.25) is 5.91 Å². The molecule has 3 aliphatic carbocycles. The van der Waals surface area contributed by atoms with Gasteiger partial charge in [0.15, 0.2) is 0 Å². The van der Waals surface area contributed by atoms with E-state index >= 15 is 0 Å². The predicted molar refractivity (Wildman–Crippen MR) is 87.9 cm³/mol. The zero-order chi connectivity index (χ0) is 17.1. The van der Waals surface area contributed by atoms with Gasteiger partial charge in [-0.15, -0.1) is 0 Å². The van der Waals surface area contributed by atoms with Crippen molar-refractivity contribution in [1.82, 2.24) is 15.5 Å². The van der Waals surface area contributed by atoms with Crippen molar-refractivity contribution in [2.75, 3.05) is 6.54 Å². The van der Waals surface area contributed by atoms with Crippen LogP contribution in [0.5, 0.6) is 0 Å². The molecule has 4 amide bonds. The van der Waals surface area contributed by atoms with Crippen LogP contribution in [0.15, 0.2) is 0 Å². The van der Waals surface area contributed by atoms with Crippen molar-refractivity contribution < 1.29 is 14.4 Å². The number of imide groups is 1. The molecule has 6 nitrogen and oxygen atoms in total. The van der Waals surface area contributed by atoms with Crippen molar-refractivity contribution in [3.63, 3.8) is 0 Å². The lowest BCUT2D eigenvalue weighted by atomic mass is 9.84. The van der Waals surface area contributed by atoms with Crippen molar-refractivity contribution in [2.24, 2.45) is 23.7 Å². The first-order chi connectivity index (χ1) is 11.4. The van der Waals surface area contributed by atoms with Crippen LogP contribution in [0.3, 0.4) is 0 Å². The number of hydrogen-bond acceptors (Lipinski definition) is 3. The predicted octanol–water partition coefficient (Wildman–Crippen LogP) is 1.65. The number of rotatable bonds is 5. The molecular formula is C18H27N3O3. The van der Waals surface area contributed by atoms with Gasteiger partial charge in [0.25, 0.3) is 5.91 Å². The fraction of sp³-hybridized carbons (Fsp3) is 0.833. The van der Waals surface area contributed by atoms with E-state index in [-0.39, 0.29) is 30.3 Å². The average Bonchev–Trinajstić information content (AvgIpc) is 3.13. The molecule has 0 radical (unpaired) electrons. The molecule has 24 heavy (non-hydrogen) atoms. The highest BCUT2D eigenvalue weighted by atomic mass is 16.2. The van der Waals surface area contributed by atoms with Crippen LogP contribution in [0.2, 0.25) is 0 Å². The quantitative estimate of drug-likeness (QED) is 0.751. The van der Waals surface area contributed by atoms with E-state index in [9.17, 15) is 14.4 Å². The number of fused-ring (bicyclic) bond motifs is 2. The van der Waals surface area contributed by atoms with Gasteiger partial charge in [0.05, 0.1) is 0 Å². The minimum atomic E-state index is -0.812. The second-order valence-electron chi connectivity index (χ2n) is 8.49. The Labute approximate surface area is 142 Å². The smallest absolute Gasteiger partial charge is 0.325 e. The molecule has 1 heterocycles. The van der Waals surface area contributed by atoms with Crippen LogP contribution in [0.1, 0.15) is 52.4 Å². The molecule has 1 aliphatic heterocycles. The van der Waals surface area contributed by atoms with Gasteiger partial charge in [-0.05, 0) is 69.6 Å². The third kappa shape index (κ3) is 2.50. The standard InChI is InChI=1S/C18H27N3O3/c1-10(14-8-11-3-4-12(14)7-11)19-15(22)9-21-16(23)18(2,13-5-6-13)20-17(21)24/h10-14H,3-9H2,1-2H3,(H,19,22)(H,20,24). The third-order valence-electron chi connectivity index (χ3n) is 6.82. The van der Waals surface area contributed by atoms with Crippen molar-refractivity contribution in [3.8, 4) is 0 Å². The monoisotopic (exact) mass is 333 g/mol. The molecule has 5 atom stereocenters. The first-order valence-corrected chi connectivity index (χ1v) is 9.32. The summed E-state index contributed by atoms with van der Waals surface area (Å²) >= 11 is 0. The number of carbonyl (C=O) groups is 3. The largest absolute Gasteiger partial charge is 0.352 e. The van der Waals surface area contributed by atoms with Crippen molar-refractivity contribution >= 4 is 17.8 Å². The molecule has 0 aromatic carbocycles. The summed E-state index contributed by atoms with van der Waals surface area (Å²) in [4.78, 5) is 38.2. The van der Waals surface area contributed by atoms with Gasteiger partial charge >= 0.3 is 6.03 Å². The van der Waals surface area contributed by atoms with Crippen LogP contribution in [0.4, 0.5) is 4.79 Å². The van der Waals surface area contributed by atoms with Gasteiger partial charge in [-0.3, -0.25) is 14.5 Å². The van der Waals surface area contributed by atoms with Crippen molar-refractivity contribution in [1.29, 1.82) is 0 Å². The molecule has 5 unspecified atom stereocenters. The number of urea groups is 1. The molecule has 4 fully saturated rings. The first kappa shape index (κ1) is 15.9. The van der Waals surface area contributed by atoms with Crippen LogP contribution in [-0.2, 0) is 9.59 Å². The van der Waals surface area contributed by atoms with Crippen LogP contribution in [-0.4, -0.2) is 40.9 Å². The zero-order valence-electron chi connectivity index (χ0n) is 14.5. The van der Waals surface area contributed by atoms with E-state index in [2.05, 4.69) is 17.6 Å². The number of hydrogen-bond donors (Lipinski definition) is 2. The molecule has 0 aromatic rings. The minimum absolute atomic E-state index is 0.114. The molecule has 132 valence electrons. The van der Waals surface area contributed by atoms with E-state index < -0.39 is 11.6 Å².